The third-order valence-electron chi connectivity index (χ3n) is 2.01. The zero-order valence-corrected chi connectivity index (χ0v) is 7.88. The number of ether oxygens (including phenoxy) is 1. The lowest BCUT2D eigenvalue weighted by Gasteiger charge is -2.11. The Labute approximate surface area is 72.7 Å². The van der Waals surface area contributed by atoms with Crippen LogP contribution in [0, 0.1) is 5.92 Å². The van der Waals surface area contributed by atoms with Crippen LogP contribution < -0.4 is 5.14 Å². The Morgan fingerprint density at radius 1 is 1.67 bits per heavy atom. The Morgan fingerprint density at radius 3 is 2.75 bits per heavy atom. The van der Waals surface area contributed by atoms with Crippen molar-refractivity contribution in [3.8, 4) is 0 Å². The van der Waals surface area contributed by atoms with Crippen molar-refractivity contribution in [2.24, 2.45) is 11.1 Å². The number of hydrogen-bond donors (Lipinski definition) is 1. The van der Waals surface area contributed by atoms with Gasteiger partial charge in [0.25, 0.3) is 10.2 Å². The number of hydrogen-bond acceptors (Lipinski definition) is 3. The Kier molecular flexibility index (Phi) is 3.05. The highest BCUT2D eigenvalue weighted by Gasteiger charge is 2.28. The van der Waals surface area contributed by atoms with Gasteiger partial charge >= 0.3 is 0 Å². The summed E-state index contributed by atoms with van der Waals surface area (Å²) < 4.78 is 27.9. The van der Waals surface area contributed by atoms with Crippen LogP contribution in [0.1, 0.15) is 6.42 Å². The van der Waals surface area contributed by atoms with Crippen LogP contribution in [0.25, 0.3) is 0 Å². The van der Waals surface area contributed by atoms with Crippen molar-refractivity contribution in [1.82, 2.24) is 4.31 Å². The minimum absolute atomic E-state index is 0.299. The van der Waals surface area contributed by atoms with Crippen molar-refractivity contribution >= 4 is 10.2 Å². The van der Waals surface area contributed by atoms with Gasteiger partial charge in [0.2, 0.25) is 0 Å². The predicted octanol–water partition coefficient (Wildman–Crippen LogP) is -0.842. The molecule has 0 spiro atoms. The molecule has 0 aromatic heterocycles. The molecule has 1 heterocycles. The molecule has 0 bridgehead atoms. The number of nitrogens with zero attached hydrogens (tertiary/aromatic N) is 1. The Balaban J connectivity index is 2.46. The average Bonchev–Trinajstić information content (AvgIpc) is 2.35. The van der Waals surface area contributed by atoms with Crippen molar-refractivity contribution in [3.63, 3.8) is 0 Å². The Hall–Kier alpha value is -0.170. The van der Waals surface area contributed by atoms with E-state index >= 15 is 0 Å². The minimum Gasteiger partial charge on any atom is -0.384 e. The molecule has 0 radical (unpaired) electrons. The van der Waals surface area contributed by atoms with E-state index in [-0.39, 0.29) is 0 Å². The van der Waals surface area contributed by atoms with Gasteiger partial charge in [0.15, 0.2) is 0 Å². The molecule has 72 valence electrons. The van der Waals surface area contributed by atoms with Gasteiger partial charge in [-0.2, -0.15) is 12.7 Å². The summed E-state index contributed by atoms with van der Waals surface area (Å²) in [4.78, 5) is 0. The first kappa shape index (κ1) is 9.91. The van der Waals surface area contributed by atoms with Gasteiger partial charge in [0.1, 0.15) is 0 Å². The SMILES string of the molecule is COCC1CCN(S(N)(=O)=O)C1. The molecule has 0 aliphatic carbocycles. The summed E-state index contributed by atoms with van der Waals surface area (Å²) in [5.74, 6) is 0.299. The molecule has 0 aromatic rings. The summed E-state index contributed by atoms with van der Waals surface area (Å²) in [5, 5.41) is 4.96. The van der Waals surface area contributed by atoms with Gasteiger partial charge in [-0.3, -0.25) is 0 Å². The zero-order valence-electron chi connectivity index (χ0n) is 7.06. The fraction of sp³-hybridized carbons (Fsp3) is 1.00. The van der Waals surface area contributed by atoms with Crippen molar-refractivity contribution in [2.45, 2.75) is 6.42 Å². The standard InChI is InChI=1S/C6H14N2O3S/c1-11-5-6-2-3-8(4-6)12(7,9)10/h6H,2-5H2,1H3,(H2,7,9,10). The fourth-order valence-corrected chi connectivity index (χ4v) is 2.18. The summed E-state index contributed by atoms with van der Waals surface area (Å²) in [6.07, 6.45) is 0.838. The molecule has 1 saturated heterocycles. The Bertz CT molecular complexity index is 239. The fourth-order valence-electron chi connectivity index (χ4n) is 1.40. The van der Waals surface area contributed by atoms with Gasteiger partial charge in [0.05, 0.1) is 6.61 Å². The zero-order chi connectivity index (χ0) is 9.19. The maximum Gasteiger partial charge on any atom is 0.276 e. The van der Waals surface area contributed by atoms with Gasteiger partial charge in [-0.15, -0.1) is 0 Å². The summed E-state index contributed by atoms with van der Waals surface area (Å²) >= 11 is 0. The highest BCUT2D eigenvalue weighted by atomic mass is 32.2. The topological polar surface area (TPSA) is 72.6 Å². The average molecular weight is 194 g/mol. The normalized spacial score (nSPS) is 26.3. The van der Waals surface area contributed by atoms with Gasteiger partial charge in [-0.25, -0.2) is 5.14 Å². The van der Waals surface area contributed by atoms with Gasteiger partial charge in [-0.05, 0) is 12.3 Å². The molecule has 0 saturated carbocycles. The smallest absolute Gasteiger partial charge is 0.276 e. The van der Waals surface area contributed by atoms with E-state index in [1.165, 1.54) is 4.31 Å². The van der Waals surface area contributed by atoms with Gasteiger partial charge in [0, 0.05) is 20.2 Å². The maximum atomic E-state index is 10.8. The second-order valence-electron chi connectivity index (χ2n) is 3.01. The lowest BCUT2D eigenvalue weighted by atomic mass is 10.1. The van der Waals surface area contributed by atoms with Crippen molar-refractivity contribution in [2.75, 3.05) is 26.8 Å². The van der Waals surface area contributed by atoms with Gasteiger partial charge in [-0.1, -0.05) is 0 Å². The van der Waals surface area contributed by atoms with E-state index in [1.807, 2.05) is 0 Å². The molecule has 12 heavy (non-hydrogen) atoms. The number of rotatable bonds is 3. The quantitative estimate of drug-likeness (QED) is 0.636. The van der Waals surface area contributed by atoms with Crippen LogP contribution in [0.15, 0.2) is 0 Å². The maximum absolute atomic E-state index is 10.8. The van der Waals surface area contributed by atoms with E-state index in [0.717, 1.165) is 6.42 Å². The monoisotopic (exact) mass is 194 g/mol. The van der Waals surface area contributed by atoms with E-state index in [4.69, 9.17) is 9.88 Å². The largest absolute Gasteiger partial charge is 0.384 e. The van der Waals surface area contributed by atoms with Crippen LogP contribution in [0.4, 0.5) is 0 Å². The van der Waals surface area contributed by atoms with E-state index in [0.29, 0.717) is 25.6 Å². The summed E-state index contributed by atoms with van der Waals surface area (Å²) in [5.41, 5.74) is 0. The highest BCUT2D eigenvalue weighted by Crippen LogP contribution is 2.17. The third kappa shape index (κ3) is 2.41. The van der Waals surface area contributed by atoms with Crippen LogP contribution >= 0.6 is 0 Å². The van der Waals surface area contributed by atoms with Crippen LogP contribution in [-0.2, 0) is 14.9 Å². The molecule has 2 N–H and O–H groups in total. The summed E-state index contributed by atoms with van der Waals surface area (Å²) in [6, 6.07) is 0. The van der Waals surface area contributed by atoms with E-state index < -0.39 is 10.2 Å². The number of nitrogens with two attached hydrogens (primary N) is 1. The molecule has 5 nitrogen and oxygen atoms in total. The van der Waals surface area contributed by atoms with Crippen LogP contribution in [0.5, 0.6) is 0 Å². The summed E-state index contributed by atoms with van der Waals surface area (Å²) in [6.45, 7) is 1.62. The van der Waals surface area contributed by atoms with E-state index in [9.17, 15) is 8.42 Å². The molecule has 0 amide bonds. The molecular weight excluding hydrogens is 180 g/mol. The molecule has 1 fully saturated rings. The second-order valence-corrected chi connectivity index (χ2v) is 4.56. The van der Waals surface area contributed by atoms with Crippen molar-refractivity contribution in [1.29, 1.82) is 0 Å². The van der Waals surface area contributed by atoms with Crippen LogP contribution in [0.2, 0.25) is 0 Å². The first-order valence-electron chi connectivity index (χ1n) is 3.81. The summed E-state index contributed by atoms with van der Waals surface area (Å²) in [7, 11) is -1.87. The Morgan fingerprint density at radius 2 is 2.33 bits per heavy atom. The predicted molar refractivity (Wildman–Crippen MR) is 44.7 cm³/mol. The van der Waals surface area contributed by atoms with E-state index in [2.05, 4.69) is 0 Å². The molecule has 1 rings (SSSR count). The third-order valence-corrected chi connectivity index (χ3v) is 3.06. The molecule has 1 aliphatic heterocycles. The first-order valence-corrected chi connectivity index (χ1v) is 5.31. The van der Waals surface area contributed by atoms with Crippen molar-refractivity contribution < 1.29 is 13.2 Å². The second kappa shape index (κ2) is 3.69. The van der Waals surface area contributed by atoms with Gasteiger partial charge < -0.3 is 4.74 Å². The molecule has 0 aromatic carbocycles. The minimum atomic E-state index is -3.48. The first-order chi connectivity index (χ1) is 5.54. The van der Waals surface area contributed by atoms with E-state index in [1.54, 1.807) is 7.11 Å². The molecule has 1 aliphatic rings. The lowest BCUT2D eigenvalue weighted by Crippen LogP contribution is -2.35. The molecule has 6 heteroatoms. The van der Waals surface area contributed by atoms with Crippen LogP contribution in [0.3, 0.4) is 0 Å². The molecule has 1 unspecified atom stereocenters. The molecule has 1 atom stereocenters. The highest BCUT2D eigenvalue weighted by molar-refractivity contribution is 7.86. The van der Waals surface area contributed by atoms with Crippen molar-refractivity contribution in [3.05, 3.63) is 0 Å². The number of methoxy groups -OCH3 is 1. The van der Waals surface area contributed by atoms with Crippen LogP contribution in [-0.4, -0.2) is 39.5 Å². The lowest BCUT2D eigenvalue weighted by molar-refractivity contribution is 0.157. The molecular formula is C6H14N2O3S.